The number of aliphatic carboxylic acids is 1. The topological polar surface area (TPSA) is 221 Å². The highest BCUT2D eigenvalue weighted by molar-refractivity contribution is 6.00. The second-order valence-corrected chi connectivity index (χ2v) is 11.4. The van der Waals surface area contributed by atoms with Crippen LogP contribution in [0, 0.1) is 5.41 Å². The molecule has 2 aromatic carbocycles. The van der Waals surface area contributed by atoms with Crippen molar-refractivity contribution in [1.82, 2.24) is 20.4 Å². The first-order valence-corrected chi connectivity index (χ1v) is 15.7. The number of piperazine rings is 1. The quantitative estimate of drug-likeness (QED) is 0.0763. The number of hydrogen-bond donors (Lipinski definition) is 6. The molecule has 0 spiro atoms. The fourth-order valence-corrected chi connectivity index (χ4v) is 5.36. The zero-order chi connectivity index (χ0) is 34.3. The lowest BCUT2D eigenvalue weighted by atomic mass is 9.99. The number of benzene rings is 2. The van der Waals surface area contributed by atoms with Gasteiger partial charge >= 0.3 is 5.97 Å². The second kappa shape index (κ2) is 18.2. The summed E-state index contributed by atoms with van der Waals surface area (Å²) in [4.78, 5) is 67.4. The molecule has 0 unspecified atom stereocenters. The number of hydrogen-bond acceptors (Lipinski definition) is 8. The van der Waals surface area contributed by atoms with Crippen LogP contribution in [0.1, 0.15) is 60.0 Å². The summed E-state index contributed by atoms with van der Waals surface area (Å²) in [6.07, 6.45) is 3.45. The highest BCUT2D eigenvalue weighted by Gasteiger charge is 2.40. The molecule has 1 aliphatic rings. The van der Waals surface area contributed by atoms with E-state index in [1.165, 1.54) is 41.2 Å². The van der Waals surface area contributed by atoms with Crippen molar-refractivity contribution in [3.8, 4) is 5.75 Å². The lowest BCUT2D eigenvalue weighted by molar-refractivity contribution is -0.156. The molecule has 1 aliphatic heterocycles. The van der Waals surface area contributed by atoms with Crippen molar-refractivity contribution in [3.63, 3.8) is 0 Å². The Labute approximate surface area is 274 Å². The van der Waals surface area contributed by atoms with Gasteiger partial charge in [-0.15, -0.1) is 0 Å². The van der Waals surface area contributed by atoms with Crippen LogP contribution < -0.4 is 26.8 Å². The molecule has 1 fully saturated rings. The number of amidine groups is 1. The summed E-state index contributed by atoms with van der Waals surface area (Å²) in [5.74, 6) is -2.34. The predicted molar refractivity (Wildman–Crippen MR) is 175 cm³/mol. The monoisotopic (exact) mass is 651 g/mol. The lowest BCUT2D eigenvalue weighted by Crippen LogP contribution is -2.63. The smallest absolute Gasteiger partial charge is 0.323 e. The largest absolute Gasteiger partial charge is 0.497 e. The van der Waals surface area contributed by atoms with Crippen molar-refractivity contribution in [1.29, 1.82) is 5.41 Å². The van der Waals surface area contributed by atoms with Crippen molar-refractivity contribution < 1.29 is 33.8 Å². The molecule has 14 nitrogen and oxygen atoms in total. The number of rotatable bonds is 18. The van der Waals surface area contributed by atoms with Crippen LogP contribution in [0.25, 0.3) is 0 Å². The molecule has 0 bridgehead atoms. The Morgan fingerprint density at radius 1 is 1.00 bits per heavy atom. The normalized spacial score (nSPS) is 15.1. The number of carbonyl (C=O) groups is 5. The number of carboxylic acids is 1. The number of carboxylic acid groups (broad SMARTS) is 1. The second-order valence-electron chi connectivity index (χ2n) is 11.4. The molecular formula is C33H45N7O7. The fraction of sp³-hybridized carbons (Fsp3) is 0.455. The van der Waals surface area contributed by atoms with Crippen LogP contribution in [0.5, 0.6) is 5.75 Å². The van der Waals surface area contributed by atoms with Crippen LogP contribution in [-0.4, -0.2) is 102 Å². The molecule has 0 saturated carbocycles. The van der Waals surface area contributed by atoms with Gasteiger partial charge in [0.1, 0.15) is 30.2 Å². The number of amides is 4. The Bertz CT molecular complexity index is 1400. The number of nitrogen functional groups attached to an aromatic ring is 1. The number of nitrogens with zero attached hydrogens (tertiary/aromatic N) is 2. The summed E-state index contributed by atoms with van der Waals surface area (Å²) in [5.41, 5.74) is 12.5. The number of carbonyl (C=O) groups excluding carboxylic acids is 4. The summed E-state index contributed by atoms with van der Waals surface area (Å²) in [7, 11) is 1.54. The van der Waals surface area contributed by atoms with Gasteiger partial charge in [0.05, 0.1) is 7.11 Å². The molecule has 1 saturated heterocycles. The van der Waals surface area contributed by atoms with E-state index in [-0.39, 0.29) is 49.8 Å². The SMILES string of the molecule is COc1ccc(C[C@H](NC(=O)c2ccc(C(=N)N)cc2)C(=O)N2CCN(CC(=O)O)C(=O)[C@@H]2CCCNC(=O)CCCCCN)cc1. The van der Waals surface area contributed by atoms with E-state index in [0.29, 0.717) is 30.7 Å². The Morgan fingerprint density at radius 2 is 1.68 bits per heavy atom. The maximum atomic E-state index is 14.2. The number of unbranched alkanes of at least 4 members (excludes halogenated alkanes) is 2. The van der Waals surface area contributed by atoms with Crippen LogP contribution in [0.4, 0.5) is 0 Å². The standard InChI is InChI=1S/C33H45N7O7/c1-47-25-14-8-22(9-15-25)20-26(38-31(44)24-12-10-23(11-13-24)30(35)36)32(45)40-19-18-39(21-29(42)43)33(46)27(40)6-5-17-37-28(41)7-3-2-4-16-34/h8-15,26-27H,2-7,16-21,34H2,1H3,(H3,35,36)(H,37,41)(H,38,44)(H,42,43)/t26-,27-/m0/s1. The summed E-state index contributed by atoms with van der Waals surface area (Å²) in [6.45, 7) is 0.437. The van der Waals surface area contributed by atoms with E-state index in [4.69, 9.17) is 21.6 Å². The van der Waals surface area contributed by atoms with Crippen LogP contribution in [0.3, 0.4) is 0 Å². The zero-order valence-corrected chi connectivity index (χ0v) is 26.7. The van der Waals surface area contributed by atoms with E-state index in [1.54, 1.807) is 24.3 Å². The molecule has 4 amide bonds. The Kier molecular flexibility index (Phi) is 14.2. The average Bonchev–Trinajstić information content (AvgIpc) is 3.06. The van der Waals surface area contributed by atoms with Crippen molar-refractivity contribution in [2.24, 2.45) is 11.5 Å². The molecule has 14 heteroatoms. The highest BCUT2D eigenvalue weighted by Crippen LogP contribution is 2.20. The Hall–Kier alpha value is -4.98. The van der Waals surface area contributed by atoms with Gasteiger partial charge in [0.25, 0.3) is 5.91 Å². The van der Waals surface area contributed by atoms with E-state index in [0.717, 1.165) is 24.8 Å². The van der Waals surface area contributed by atoms with Gasteiger partial charge in [-0.05, 0) is 62.1 Å². The molecule has 0 radical (unpaired) electrons. The van der Waals surface area contributed by atoms with Gasteiger partial charge in [0, 0.05) is 43.6 Å². The van der Waals surface area contributed by atoms with E-state index >= 15 is 0 Å². The number of nitrogens with one attached hydrogen (secondary N) is 3. The molecule has 254 valence electrons. The lowest BCUT2D eigenvalue weighted by Gasteiger charge is -2.41. The molecule has 1 heterocycles. The maximum absolute atomic E-state index is 14.2. The molecule has 2 atom stereocenters. The molecule has 0 aliphatic carbocycles. The Morgan fingerprint density at radius 3 is 2.30 bits per heavy atom. The minimum atomic E-state index is -1.17. The van der Waals surface area contributed by atoms with Crippen molar-refractivity contribution in [2.75, 3.05) is 39.8 Å². The van der Waals surface area contributed by atoms with E-state index in [9.17, 15) is 29.1 Å². The zero-order valence-electron chi connectivity index (χ0n) is 26.7. The van der Waals surface area contributed by atoms with Gasteiger partial charge < -0.3 is 41.7 Å². The van der Waals surface area contributed by atoms with Gasteiger partial charge in [0.15, 0.2) is 0 Å². The minimum Gasteiger partial charge on any atom is -0.497 e. The van der Waals surface area contributed by atoms with E-state index in [2.05, 4.69) is 10.6 Å². The van der Waals surface area contributed by atoms with Gasteiger partial charge in [0.2, 0.25) is 17.7 Å². The van der Waals surface area contributed by atoms with Gasteiger partial charge in [-0.25, -0.2) is 0 Å². The van der Waals surface area contributed by atoms with Crippen LogP contribution in [0.15, 0.2) is 48.5 Å². The summed E-state index contributed by atoms with van der Waals surface area (Å²) >= 11 is 0. The number of methoxy groups -OCH3 is 1. The van der Waals surface area contributed by atoms with Gasteiger partial charge in [-0.2, -0.15) is 0 Å². The van der Waals surface area contributed by atoms with Crippen LogP contribution in [0.2, 0.25) is 0 Å². The van der Waals surface area contributed by atoms with Crippen molar-refractivity contribution >= 4 is 35.4 Å². The average molecular weight is 652 g/mol. The number of nitrogens with two attached hydrogens (primary N) is 2. The maximum Gasteiger partial charge on any atom is 0.323 e. The molecular weight excluding hydrogens is 606 g/mol. The molecule has 0 aromatic heterocycles. The van der Waals surface area contributed by atoms with Crippen molar-refractivity contribution in [3.05, 3.63) is 65.2 Å². The predicted octanol–water partition coefficient (Wildman–Crippen LogP) is 0.860. The summed E-state index contributed by atoms with van der Waals surface area (Å²) < 4.78 is 5.24. The third-order valence-corrected chi connectivity index (χ3v) is 7.94. The van der Waals surface area contributed by atoms with Crippen LogP contribution >= 0.6 is 0 Å². The molecule has 3 rings (SSSR count). The molecule has 47 heavy (non-hydrogen) atoms. The van der Waals surface area contributed by atoms with Crippen LogP contribution in [-0.2, 0) is 25.6 Å². The molecule has 8 N–H and O–H groups in total. The summed E-state index contributed by atoms with van der Waals surface area (Å²) in [6, 6.07) is 11.1. The van der Waals surface area contributed by atoms with Gasteiger partial charge in [-0.3, -0.25) is 29.4 Å². The minimum absolute atomic E-state index is 0.0165. The third-order valence-electron chi connectivity index (χ3n) is 7.94. The first-order chi connectivity index (χ1) is 22.5. The first kappa shape index (κ1) is 36.5. The first-order valence-electron chi connectivity index (χ1n) is 15.7. The third kappa shape index (κ3) is 11.1. The Balaban J connectivity index is 1.80. The van der Waals surface area contributed by atoms with Gasteiger partial charge in [-0.1, -0.05) is 30.7 Å². The number of ether oxygens (including phenoxy) is 1. The van der Waals surface area contributed by atoms with Crippen molar-refractivity contribution in [2.45, 2.75) is 57.0 Å². The fourth-order valence-electron chi connectivity index (χ4n) is 5.36. The van der Waals surface area contributed by atoms with E-state index < -0.39 is 42.3 Å². The summed E-state index contributed by atoms with van der Waals surface area (Å²) in [5, 5.41) is 22.6. The highest BCUT2D eigenvalue weighted by atomic mass is 16.5. The van der Waals surface area contributed by atoms with E-state index in [1.807, 2.05) is 0 Å². The molecule has 2 aromatic rings.